The summed E-state index contributed by atoms with van der Waals surface area (Å²) in [6, 6.07) is 5.58. The van der Waals surface area contributed by atoms with E-state index in [0.717, 1.165) is 0 Å². The van der Waals surface area contributed by atoms with E-state index in [-0.39, 0.29) is 35.4 Å². The van der Waals surface area contributed by atoms with Crippen LogP contribution in [0, 0.1) is 0 Å². The van der Waals surface area contributed by atoms with E-state index in [2.05, 4.69) is 0 Å². The van der Waals surface area contributed by atoms with Gasteiger partial charge in [0, 0.05) is 6.54 Å². The Labute approximate surface area is 196 Å². The number of phenols is 1. The topological polar surface area (TPSA) is 109 Å². The van der Waals surface area contributed by atoms with E-state index in [0.29, 0.717) is 31.7 Å². The summed E-state index contributed by atoms with van der Waals surface area (Å²) >= 11 is 0. The van der Waals surface area contributed by atoms with Crippen LogP contribution in [0.4, 0.5) is 13.2 Å². The van der Waals surface area contributed by atoms with Crippen molar-refractivity contribution in [3.05, 3.63) is 51.9 Å². The smallest absolute Gasteiger partial charge is 0.450 e. The third-order valence-corrected chi connectivity index (χ3v) is 6.24. The van der Waals surface area contributed by atoms with Gasteiger partial charge in [-0.25, -0.2) is 0 Å². The molecule has 184 valence electrons. The number of likely N-dealkylation sites (tertiary alicyclic amines) is 1. The van der Waals surface area contributed by atoms with Gasteiger partial charge in [0.25, 0.3) is 0 Å². The van der Waals surface area contributed by atoms with Gasteiger partial charge in [-0.05, 0) is 49.2 Å². The molecule has 1 aromatic heterocycles. The highest BCUT2D eigenvalue weighted by molar-refractivity contribution is 5.87. The Morgan fingerprint density at radius 1 is 1.11 bits per heavy atom. The van der Waals surface area contributed by atoms with Gasteiger partial charge in [-0.1, -0.05) is 6.07 Å². The zero-order valence-electron chi connectivity index (χ0n) is 18.2. The van der Waals surface area contributed by atoms with Crippen LogP contribution in [0.15, 0.2) is 39.5 Å². The van der Waals surface area contributed by atoms with E-state index in [9.17, 15) is 33.0 Å². The third-order valence-electron chi connectivity index (χ3n) is 6.24. The molecule has 0 radical (unpaired) electrons. The van der Waals surface area contributed by atoms with Crippen molar-refractivity contribution in [2.24, 2.45) is 0 Å². The molecule has 0 bridgehead atoms. The summed E-state index contributed by atoms with van der Waals surface area (Å²) in [5, 5.41) is 19.7. The number of nitrogens with zero attached hydrogens (tertiary/aromatic N) is 1. The van der Waals surface area contributed by atoms with Crippen LogP contribution in [0.3, 0.4) is 0 Å². The Morgan fingerprint density at radius 2 is 1.86 bits per heavy atom. The van der Waals surface area contributed by atoms with E-state index in [1.807, 2.05) is 0 Å². The molecule has 2 N–H and O–H groups in total. The number of carbonyl (C=O) groups is 1. The molecule has 11 heteroatoms. The summed E-state index contributed by atoms with van der Waals surface area (Å²) in [6.45, 7) is 0.692. The maximum Gasteiger partial charge on any atom is 0.450 e. The summed E-state index contributed by atoms with van der Waals surface area (Å²) in [6.07, 6.45) is -4.09. The molecule has 0 aliphatic carbocycles. The van der Waals surface area contributed by atoms with Gasteiger partial charge in [0.15, 0.2) is 11.5 Å². The molecule has 0 saturated carbocycles. The fourth-order valence-corrected chi connectivity index (χ4v) is 4.62. The van der Waals surface area contributed by atoms with Gasteiger partial charge < -0.3 is 24.1 Å². The fraction of sp³-hybridized carbons (Fsp3) is 0.333. The minimum Gasteiger partial charge on any atom is -0.507 e. The van der Waals surface area contributed by atoms with Crippen LogP contribution >= 0.6 is 0 Å². The second kappa shape index (κ2) is 8.49. The van der Waals surface area contributed by atoms with Gasteiger partial charge in [-0.3, -0.25) is 14.5 Å². The number of halogens is 3. The van der Waals surface area contributed by atoms with E-state index in [1.54, 1.807) is 0 Å². The Morgan fingerprint density at radius 3 is 2.57 bits per heavy atom. The molecule has 3 aromatic rings. The van der Waals surface area contributed by atoms with Crippen LogP contribution in [0.1, 0.15) is 24.2 Å². The maximum atomic E-state index is 14.1. The van der Waals surface area contributed by atoms with Crippen molar-refractivity contribution in [3.8, 4) is 28.4 Å². The molecule has 1 atom stereocenters. The van der Waals surface area contributed by atoms with Crippen LogP contribution in [0.25, 0.3) is 22.1 Å². The molecule has 35 heavy (non-hydrogen) atoms. The SMILES string of the molecule is O=C(O)[C@H]1CCCN1Cc1c(O)ccc2c(=O)c(-c3ccc4c(c3)OCCO4)c(C(F)(F)F)oc12. The Kier molecular flexibility index (Phi) is 5.59. The number of ether oxygens (including phenoxy) is 2. The largest absolute Gasteiger partial charge is 0.507 e. The molecule has 2 aliphatic rings. The van der Waals surface area contributed by atoms with Crippen molar-refractivity contribution in [3.63, 3.8) is 0 Å². The Balaban J connectivity index is 1.71. The molecular formula is C24H20F3NO7. The average Bonchev–Trinajstić information content (AvgIpc) is 3.28. The quantitative estimate of drug-likeness (QED) is 0.564. The minimum atomic E-state index is -5.03. The number of phenolic OH excluding ortho intramolecular Hbond substituents is 1. The maximum absolute atomic E-state index is 14.1. The summed E-state index contributed by atoms with van der Waals surface area (Å²) in [7, 11) is 0. The second-order valence-electron chi connectivity index (χ2n) is 8.40. The predicted octanol–water partition coefficient (Wildman–Crippen LogP) is 4.00. The van der Waals surface area contributed by atoms with Gasteiger partial charge in [0.2, 0.25) is 11.2 Å². The van der Waals surface area contributed by atoms with Gasteiger partial charge >= 0.3 is 12.1 Å². The molecule has 3 heterocycles. The summed E-state index contributed by atoms with van der Waals surface area (Å²) < 4.78 is 58.6. The molecule has 0 unspecified atom stereocenters. The fourth-order valence-electron chi connectivity index (χ4n) is 4.62. The van der Waals surface area contributed by atoms with Gasteiger partial charge in [-0.15, -0.1) is 0 Å². The Hall–Kier alpha value is -3.73. The first kappa shape index (κ1) is 23.0. The molecule has 0 amide bonds. The van der Waals surface area contributed by atoms with Crippen LogP contribution in [-0.4, -0.2) is 46.9 Å². The number of aromatic hydroxyl groups is 1. The highest BCUT2D eigenvalue weighted by Gasteiger charge is 2.40. The first-order valence-electron chi connectivity index (χ1n) is 10.9. The average molecular weight is 491 g/mol. The van der Waals surface area contributed by atoms with Crippen LogP contribution in [-0.2, 0) is 17.5 Å². The molecule has 1 saturated heterocycles. The number of hydrogen-bond donors (Lipinski definition) is 2. The summed E-state index contributed by atoms with van der Waals surface area (Å²) in [5.41, 5.74) is -2.19. The number of benzene rings is 2. The van der Waals surface area contributed by atoms with Crippen LogP contribution in [0.2, 0.25) is 0 Å². The molecule has 2 aliphatic heterocycles. The molecular weight excluding hydrogens is 471 g/mol. The summed E-state index contributed by atoms with van der Waals surface area (Å²) in [5.74, 6) is -2.42. The molecule has 5 rings (SSSR count). The zero-order valence-corrected chi connectivity index (χ0v) is 18.2. The highest BCUT2D eigenvalue weighted by Crippen LogP contribution is 2.42. The number of hydrogen-bond acceptors (Lipinski definition) is 7. The first-order chi connectivity index (χ1) is 16.6. The van der Waals surface area contributed by atoms with Gasteiger partial charge in [-0.2, -0.15) is 13.2 Å². The van der Waals surface area contributed by atoms with Crippen LogP contribution < -0.4 is 14.9 Å². The zero-order chi connectivity index (χ0) is 24.9. The van der Waals surface area contributed by atoms with Crippen molar-refractivity contribution in [1.29, 1.82) is 0 Å². The van der Waals surface area contributed by atoms with E-state index in [4.69, 9.17) is 13.9 Å². The van der Waals surface area contributed by atoms with Crippen LogP contribution in [0.5, 0.6) is 17.2 Å². The van der Waals surface area contributed by atoms with Crippen molar-refractivity contribution in [1.82, 2.24) is 4.90 Å². The monoisotopic (exact) mass is 491 g/mol. The number of alkyl halides is 3. The molecule has 0 spiro atoms. The predicted molar refractivity (Wildman–Crippen MR) is 117 cm³/mol. The van der Waals surface area contributed by atoms with Gasteiger partial charge in [0.1, 0.15) is 30.6 Å². The lowest BCUT2D eigenvalue weighted by Gasteiger charge is -2.22. The highest BCUT2D eigenvalue weighted by atomic mass is 19.4. The van der Waals surface area contributed by atoms with Crippen molar-refractivity contribution < 1.29 is 42.1 Å². The van der Waals surface area contributed by atoms with E-state index >= 15 is 0 Å². The molecule has 1 fully saturated rings. The van der Waals surface area contributed by atoms with Crippen molar-refractivity contribution in [2.75, 3.05) is 19.8 Å². The number of rotatable bonds is 4. The minimum absolute atomic E-state index is 0.0580. The summed E-state index contributed by atoms with van der Waals surface area (Å²) in [4.78, 5) is 26.5. The lowest BCUT2D eigenvalue weighted by molar-refractivity contribution is -0.152. The van der Waals surface area contributed by atoms with E-state index in [1.165, 1.54) is 35.2 Å². The second-order valence-corrected chi connectivity index (χ2v) is 8.40. The van der Waals surface area contributed by atoms with Crippen molar-refractivity contribution in [2.45, 2.75) is 31.6 Å². The first-order valence-corrected chi connectivity index (χ1v) is 10.9. The lowest BCUT2D eigenvalue weighted by Crippen LogP contribution is -2.35. The molecule has 8 nitrogen and oxygen atoms in total. The van der Waals surface area contributed by atoms with Crippen molar-refractivity contribution >= 4 is 16.9 Å². The number of fused-ring (bicyclic) bond motifs is 2. The Bertz CT molecular complexity index is 1380. The number of carboxylic acid groups (broad SMARTS) is 1. The number of carboxylic acids is 1. The normalized spacial score (nSPS) is 18.2. The van der Waals surface area contributed by atoms with Gasteiger partial charge in [0.05, 0.1) is 16.5 Å². The lowest BCUT2D eigenvalue weighted by atomic mass is 9.99. The standard InChI is InChI=1S/C24H20F3NO7/c25-24(26,27)22-19(12-3-6-17-18(10-12)34-9-8-33-17)20(30)13-4-5-16(29)14(21(13)35-22)11-28-7-1-2-15(28)23(31)32/h3-6,10,15,29H,1-2,7-9,11H2,(H,31,32)/t15-/m1/s1. The van der Waals surface area contributed by atoms with E-state index < -0.39 is 46.3 Å². The molecule has 2 aromatic carbocycles. The third kappa shape index (κ3) is 4.05. The number of aliphatic carboxylic acids is 1.